The number of ether oxygens (including phenoxy) is 1. The van der Waals surface area contributed by atoms with E-state index in [0.717, 1.165) is 0 Å². The Kier molecular flexibility index (Phi) is 3.39. The van der Waals surface area contributed by atoms with Crippen LogP contribution in [0.1, 0.15) is 0 Å². The highest BCUT2D eigenvalue weighted by Gasteiger charge is 1.96. The molecule has 0 saturated carbocycles. The van der Waals surface area contributed by atoms with E-state index in [1.807, 2.05) is 0 Å². The predicted octanol–water partition coefficient (Wildman–Crippen LogP) is 1.19. The van der Waals surface area contributed by atoms with Crippen molar-refractivity contribution < 1.29 is 9.53 Å². The summed E-state index contributed by atoms with van der Waals surface area (Å²) in [6.07, 6.45) is 5.02. The Hall–Kier alpha value is -2.15. The van der Waals surface area contributed by atoms with Gasteiger partial charge in [0.25, 0.3) is 0 Å². The van der Waals surface area contributed by atoms with Crippen molar-refractivity contribution in [2.45, 2.75) is 0 Å². The van der Waals surface area contributed by atoms with Gasteiger partial charge in [0, 0.05) is 5.69 Å². The molecule has 0 radical (unpaired) electrons. The fourth-order valence-electron chi connectivity index (χ4n) is 0.902. The topological polar surface area (TPSA) is 64.3 Å². The van der Waals surface area contributed by atoms with Crippen LogP contribution in [0.4, 0.5) is 10.5 Å². The van der Waals surface area contributed by atoms with E-state index in [1.54, 1.807) is 24.3 Å². The van der Waals surface area contributed by atoms with E-state index in [4.69, 9.17) is 16.9 Å². The first-order valence-electron chi connectivity index (χ1n) is 3.95. The molecule has 3 N–H and O–H groups in total. The van der Waals surface area contributed by atoms with Crippen molar-refractivity contribution in [2.75, 3.05) is 11.9 Å². The number of urea groups is 1. The zero-order valence-corrected chi connectivity index (χ0v) is 7.49. The Bertz CT molecular complexity index is 351. The van der Waals surface area contributed by atoms with Crippen molar-refractivity contribution in [3.05, 3.63) is 24.3 Å². The number of hydrogen-bond acceptors (Lipinski definition) is 2. The SMILES string of the molecule is C#CCOc1ccc(NC(N)=O)cc1. The molecule has 14 heavy (non-hydrogen) atoms. The summed E-state index contributed by atoms with van der Waals surface area (Å²) in [5.74, 6) is 3.00. The predicted molar refractivity (Wildman–Crippen MR) is 54.0 cm³/mol. The van der Waals surface area contributed by atoms with Crippen molar-refractivity contribution in [3.63, 3.8) is 0 Å². The normalized spacial score (nSPS) is 8.79. The molecule has 0 fully saturated rings. The summed E-state index contributed by atoms with van der Waals surface area (Å²) in [5, 5.41) is 2.43. The third kappa shape index (κ3) is 3.07. The van der Waals surface area contributed by atoms with Crippen molar-refractivity contribution >= 4 is 11.7 Å². The smallest absolute Gasteiger partial charge is 0.316 e. The lowest BCUT2D eigenvalue weighted by molar-refractivity contribution is 0.259. The van der Waals surface area contributed by atoms with Crippen LogP contribution in [0.15, 0.2) is 24.3 Å². The van der Waals surface area contributed by atoms with Crippen LogP contribution in [0, 0.1) is 12.3 Å². The summed E-state index contributed by atoms with van der Waals surface area (Å²) in [7, 11) is 0. The Balaban J connectivity index is 2.60. The molecule has 0 spiro atoms. The fourth-order valence-corrected chi connectivity index (χ4v) is 0.902. The van der Waals surface area contributed by atoms with E-state index in [1.165, 1.54) is 0 Å². The summed E-state index contributed by atoms with van der Waals surface area (Å²) >= 11 is 0. The van der Waals surface area contributed by atoms with E-state index >= 15 is 0 Å². The molecule has 0 aliphatic rings. The van der Waals surface area contributed by atoms with Crippen LogP contribution in [-0.2, 0) is 0 Å². The van der Waals surface area contributed by atoms with Gasteiger partial charge < -0.3 is 15.8 Å². The summed E-state index contributed by atoms with van der Waals surface area (Å²) in [6, 6.07) is 6.15. The fraction of sp³-hybridized carbons (Fsp3) is 0.100. The molecule has 0 aromatic heterocycles. The van der Waals surface area contributed by atoms with Crippen molar-refractivity contribution in [3.8, 4) is 18.1 Å². The molecule has 0 aliphatic carbocycles. The number of hydrogen-bond donors (Lipinski definition) is 2. The van der Waals surface area contributed by atoms with E-state index < -0.39 is 6.03 Å². The maximum Gasteiger partial charge on any atom is 0.316 e. The highest BCUT2D eigenvalue weighted by atomic mass is 16.5. The Morgan fingerprint density at radius 2 is 2.14 bits per heavy atom. The lowest BCUT2D eigenvalue weighted by atomic mass is 10.3. The highest BCUT2D eigenvalue weighted by molar-refractivity contribution is 5.87. The van der Waals surface area contributed by atoms with Gasteiger partial charge in [-0.3, -0.25) is 0 Å². The first-order valence-corrected chi connectivity index (χ1v) is 3.95. The molecular weight excluding hydrogens is 180 g/mol. The van der Waals surface area contributed by atoms with E-state index in [9.17, 15) is 4.79 Å². The number of terminal acetylenes is 1. The molecule has 0 saturated heterocycles. The lowest BCUT2D eigenvalue weighted by Gasteiger charge is -2.04. The number of primary amides is 1. The summed E-state index contributed by atoms with van der Waals surface area (Å²) in [5.41, 5.74) is 5.55. The number of nitrogens with one attached hydrogen (secondary N) is 1. The molecule has 72 valence electrons. The lowest BCUT2D eigenvalue weighted by Crippen LogP contribution is -2.19. The van der Waals surface area contributed by atoms with Crippen molar-refractivity contribution in [2.24, 2.45) is 5.73 Å². The van der Waals surface area contributed by atoms with Gasteiger partial charge in [-0.05, 0) is 24.3 Å². The molecule has 0 heterocycles. The second-order valence-corrected chi connectivity index (χ2v) is 2.51. The number of nitrogens with two attached hydrogens (primary N) is 1. The largest absolute Gasteiger partial charge is 0.481 e. The molecule has 0 atom stereocenters. The third-order valence-electron chi connectivity index (χ3n) is 1.44. The molecule has 1 rings (SSSR count). The first-order chi connectivity index (χ1) is 6.72. The number of amides is 2. The quantitative estimate of drug-likeness (QED) is 0.703. The van der Waals surface area contributed by atoms with Crippen LogP contribution in [-0.4, -0.2) is 12.6 Å². The monoisotopic (exact) mass is 190 g/mol. The average molecular weight is 190 g/mol. The van der Waals surface area contributed by atoms with Gasteiger partial charge in [0.2, 0.25) is 0 Å². The molecule has 1 aromatic rings. The second kappa shape index (κ2) is 4.77. The molecule has 4 heteroatoms. The molecule has 0 unspecified atom stereocenters. The summed E-state index contributed by atoms with van der Waals surface area (Å²) < 4.78 is 5.14. The molecule has 4 nitrogen and oxygen atoms in total. The maximum absolute atomic E-state index is 10.5. The number of rotatable bonds is 3. The van der Waals surface area contributed by atoms with Crippen LogP contribution in [0.3, 0.4) is 0 Å². The van der Waals surface area contributed by atoms with Crippen molar-refractivity contribution in [1.29, 1.82) is 0 Å². The van der Waals surface area contributed by atoms with Gasteiger partial charge in [0.05, 0.1) is 0 Å². The van der Waals surface area contributed by atoms with Crippen LogP contribution in [0.2, 0.25) is 0 Å². The molecule has 1 aromatic carbocycles. The van der Waals surface area contributed by atoms with Gasteiger partial charge in [0.1, 0.15) is 12.4 Å². The number of benzene rings is 1. The van der Waals surface area contributed by atoms with Gasteiger partial charge in [-0.25, -0.2) is 4.79 Å². The molecule has 0 bridgehead atoms. The standard InChI is InChI=1S/C10H10N2O2/c1-2-7-14-9-5-3-8(4-6-9)12-10(11)13/h1,3-6H,7H2,(H3,11,12,13). The molecular formula is C10H10N2O2. The molecule has 2 amide bonds. The summed E-state index contributed by atoms with van der Waals surface area (Å²) in [6.45, 7) is 0.225. The van der Waals surface area contributed by atoms with Gasteiger partial charge in [-0.1, -0.05) is 5.92 Å². The van der Waals surface area contributed by atoms with Gasteiger partial charge >= 0.3 is 6.03 Å². The van der Waals surface area contributed by atoms with Crippen LogP contribution < -0.4 is 15.8 Å². The zero-order valence-electron chi connectivity index (χ0n) is 7.49. The van der Waals surface area contributed by atoms with E-state index in [-0.39, 0.29) is 6.61 Å². The number of anilines is 1. The highest BCUT2D eigenvalue weighted by Crippen LogP contribution is 2.14. The van der Waals surface area contributed by atoms with Gasteiger partial charge in [-0.15, -0.1) is 6.42 Å². The minimum Gasteiger partial charge on any atom is -0.481 e. The minimum absolute atomic E-state index is 0.225. The van der Waals surface area contributed by atoms with Crippen LogP contribution >= 0.6 is 0 Å². The average Bonchev–Trinajstić information content (AvgIpc) is 2.16. The Morgan fingerprint density at radius 1 is 1.50 bits per heavy atom. The van der Waals surface area contributed by atoms with E-state index in [0.29, 0.717) is 11.4 Å². The van der Waals surface area contributed by atoms with Gasteiger partial charge in [0.15, 0.2) is 0 Å². The Labute approximate surface area is 82.1 Å². The Morgan fingerprint density at radius 3 is 2.64 bits per heavy atom. The number of carbonyl (C=O) groups is 1. The maximum atomic E-state index is 10.5. The van der Waals surface area contributed by atoms with Crippen molar-refractivity contribution in [1.82, 2.24) is 0 Å². The van der Waals surface area contributed by atoms with Crippen LogP contribution in [0.5, 0.6) is 5.75 Å². The minimum atomic E-state index is -0.595. The van der Waals surface area contributed by atoms with Crippen LogP contribution in [0.25, 0.3) is 0 Å². The van der Waals surface area contributed by atoms with Gasteiger partial charge in [-0.2, -0.15) is 0 Å². The second-order valence-electron chi connectivity index (χ2n) is 2.51. The number of carbonyl (C=O) groups excluding carboxylic acids is 1. The van der Waals surface area contributed by atoms with E-state index in [2.05, 4.69) is 11.2 Å². The zero-order chi connectivity index (χ0) is 10.4. The summed E-state index contributed by atoms with van der Waals surface area (Å²) in [4.78, 5) is 10.5. The first kappa shape index (κ1) is 9.93. The third-order valence-corrected chi connectivity index (χ3v) is 1.44. The molecule has 0 aliphatic heterocycles.